The lowest BCUT2D eigenvalue weighted by molar-refractivity contribution is 0.178. The number of aliphatic hydroxyl groups excluding tert-OH is 1. The summed E-state index contributed by atoms with van der Waals surface area (Å²) in [5, 5.41) is 10.4. The largest absolute Gasteiger partial charge is 0.388 e. The fourth-order valence-electron chi connectivity index (χ4n) is 2.20. The zero-order valence-corrected chi connectivity index (χ0v) is 12.1. The molecule has 3 heteroatoms. The Morgan fingerprint density at radius 1 is 1.15 bits per heavy atom. The van der Waals surface area contributed by atoms with E-state index in [4.69, 9.17) is 0 Å². The van der Waals surface area contributed by atoms with Crippen LogP contribution >= 0.6 is 0 Å². The first-order valence-electron chi connectivity index (χ1n) is 6.68. The fraction of sp³-hybridized carbons (Fsp3) is 0.294. The van der Waals surface area contributed by atoms with Gasteiger partial charge in [-0.25, -0.2) is 4.39 Å². The predicted octanol–water partition coefficient (Wildman–Crippen LogP) is 3.48. The Bertz CT molecular complexity index is 595. The number of nitrogens with zero attached hydrogens (tertiary/aromatic N) is 1. The van der Waals surface area contributed by atoms with Gasteiger partial charge < -0.3 is 10.0 Å². The summed E-state index contributed by atoms with van der Waals surface area (Å²) in [6, 6.07) is 12.4. The van der Waals surface area contributed by atoms with Crippen molar-refractivity contribution in [1.82, 2.24) is 0 Å². The van der Waals surface area contributed by atoms with E-state index < -0.39 is 6.10 Å². The quantitative estimate of drug-likeness (QED) is 0.922. The number of halogens is 1. The number of anilines is 1. The van der Waals surface area contributed by atoms with Crippen molar-refractivity contribution in [3.8, 4) is 0 Å². The molecule has 0 amide bonds. The summed E-state index contributed by atoms with van der Waals surface area (Å²) in [7, 11) is 3.92. The van der Waals surface area contributed by atoms with E-state index in [1.165, 1.54) is 12.1 Å². The van der Waals surface area contributed by atoms with Gasteiger partial charge in [-0.15, -0.1) is 0 Å². The Morgan fingerprint density at radius 3 is 2.60 bits per heavy atom. The Kier molecular flexibility index (Phi) is 4.40. The van der Waals surface area contributed by atoms with Gasteiger partial charge in [0.1, 0.15) is 5.82 Å². The van der Waals surface area contributed by atoms with Crippen molar-refractivity contribution in [3.63, 3.8) is 0 Å². The van der Waals surface area contributed by atoms with Gasteiger partial charge in [-0.3, -0.25) is 0 Å². The lowest BCUT2D eigenvalue weighted by Gasteiger charge is -2.17. The molecule has 20 heavy (non-hydrogen) atoms. The first kappa shape index (κ1) is 14.5. The first-order chi connectivity index (χ1) is 9.47. The van der Waals surface area contributed by atoms with Crippen LogP contribution in [0.15, 0.2) is 42.5 Å². The van der Waals surface area contributed by atoms with Crippen LogP contribution in [0.1, 0.15) is 22.8 Å². The van der Waals surface area contributed by atoms with Crippen molar-refractivity contribution in [3.05, 3.63) is 65.0 Å². The normalized spacial score (nSPS) is 12.2. The standard InChI is InChI=1S/C17H20FNO/c1-12-7-8-15(18)9-14(12)11-17(20)13-5-4-6-16(10-13)19(2)3/h4-10,17,20H,11H2,1-3H3. The predicted molar refractivity (Wildman–Crippen MR) is 80.6 cm³/mol. The van der Waals surface area contributed by atoms with Gasteiger partial charge in [0.2, 0.25) is 0 Å². The number of benzene rings is 2. The van der Waals surface area contributed by atoms with Crippen LogP contribution in [0.3, 0.4) is 0 Å². The molecule has 2 aromatic carbocycles. The average Bonchev–Trinajstić information content (AvgIpc) is 2.43. The molecule has 0 heterocycles. The van der Waals surface area contributed by atoms with E-state index in [2.05, 4.69) is 0 Å². The molecule has 2 rings (SSSR count). The number of aliphatic hydroxyl groups is 1. The summed E-state index contributed by atoms with van der Waals surface area (Å²) >= 11 is 0. The molecule has 2 aromatic rings. The molecule has 1 atom stereocenters. The molecule has 0 aliphatic carbocycles. The van der Waals surface area contributed by atoms with E-state index in [1.54, 1.807) is 6.07 Å². The highest BCUT2D eigenvalue weighted by Gasteiger charge is 2.12. The van der Waals surface area contributed by atoms with Crippen LogP contribution in [0.5, 0.6) is 0 Å². The molecule has 0 aliphatic rings. The zero-order chi connectivity index (χ0) is 14.7. The number of hydrogen-bond acceptors (Lipinski definition) is 2. The van der Waals surface area contributed by atoms with Crippen molar-refractivity contribution in [2.75, 3.05) is 19.0 Å². The van der Waals surface area contributed by atoms with E-state index in [0.717, 1.165) is 22.4 Å². The van der Waals surface area contributed by atoms with E-state index >= 15 is 0 Å². The third-order valence-electron chi connectivity index (χ3n) is 3.50. The van der Waals surface area contributed by atoms with Gasteiger partial charge in [0.05, 0.1) is 6.10 Å². The smallest absolute Gasteiger partial charge is 0.123 e. The Labute approximate surface area is 119 Å². The molecular weight excluding hydrogens is 253 g/mol. The summed E-state index contributed by atoms with van der Waals surface area (Å²) in [5.41, 5.74) is 3.72. The van der Waals surface area contributed by atoms with Gasteiger partial charge >= 0.3 is 0 Å². The maximum Gasteiger partial charge on any atom is 0.123 e. The average molecular weight is 273 g/mol. The summed E-state index contributed by atoms with van der Waals surface area (Å²) in [4.78, 5) is 1.99. The second kappa shape index (κ2) is 6.06. The summed E-state index contributed by atoms with van der Waals surface area (Å²) < 4.78 is 13.3. The molecule has 0 saturated heterocycles. The molecule has 0 aromatic heterocycles. The van der Waals surface area contributed by atoms with Gasteiger partial charge in [-0.05, 0) is 47.9 Å². The maximum atomic E-state index is 13.3. The minimum Gasteiger partial charge on any atom is -0.388 e. The number of rotatable bonds is 4. The van der Waals surface area contributed by atoms with Crippen molar-refractivity contribution >= 4 is 5.69 Å². The second-order valence-electron chi connectivity index (χ2n) is 5.28. The molecule has 1 N–H and O–H groups in total. The van der Waals surface area contributed by atoms with Gasteiger partial charge in [0, 0.05) is 26.2 Å². The first-order valence-corrected chi connectivity index (χ1v) is 6.68. The number of hydrogen-bond donors (Lipinski definition) is 1. The van der Waals surface area contributed by atoms with Crippen LogP contribution in [0.25, 0.3) is 0 Å². The van der Waals surface area contributed by atoms with Gasteiger partial charge in [0.25, 0.3) is 0 Å². The van der Waals surface area contributed by atoms with Gasteiger partial charge in [-0.1, -0.05) is 18.2 Å². The van der Waals surface area contributed by atoms with Crippen LogP contribution in [-0.2, 0) is 6.42 Å². The molecule has 0 saturated carbocycles. The highest BCUT2D eigenvalue weighted by atomic mass is 19.1. The van der Waals surface area contributed by atoms with Crippen LogP contribution in [-0.4, -0.2) is 19.2 Å². The van der Waals surface area contributed by atoms with Gasteiger partial charge in [-0.2, -0.15) is 0 Å². The summed E-state index contributed by atoms with van der Waals surface area (Å²) in [6.45, 7) is 1.93. The van der Waals surface area contributed by atoms with Crippen LogP contribution in [0.2, 0.25) is 0 Å². The van der Waals surface area contributed by atoms with Crippen LogP contribution in [0, 0.1) is 12.7 Å². The Morgan fingerprint density at radius 2 is 1.90 bits per heavy atom. The monoisotopic (exact) mass is 273 g/mol. The molecule has 0 bridgehead atoms. The van der Waals surface area contributed by atoms with E-state index in [-0.39, 0.29) is 5.82 Å². The lowest BCUT2D eigenvalue weighted by Crippen LogP contribution is -2.10. The maximum absolute atomic E-state index is 13.3. The van der Waals surface area contributed by atoms with E-state index in [1.807, 2.05) is 50.2 Å². The fourth-order valence-corrected chi connectivity index (χ4v) is 2.20. The third-order valence-corrected chi connectivity index (χ3v) is 3.50. The molecule has 2 nitrogen and oxygen atoms in total. The SMILES string of the molecule is Cc1ccc(F)cc1CC(O)c1cccc(N(C)C)c1. The minimum atomic E-state index is -0.629. The highest BCUT2D eigenvalue weighted by Crippen LogP contribution is 2.24. The van der Waals surface area contributed by atoms with E-state index in [9.17, 15) is 9.50 Å². The Hall–Kier alpha value is -1.87. The third kappa shape index (κ3) is 3.36. The van der Waals surface area contributed by atoms with E-state index in [0.29, 0.717) is 6.42 Å². The lowest BCUT2D eigenvalue weighted by atomic mass is 9.98. The molecule has 0 aliphatic heterocycles. The summed E-state index contributed by atoms with van der Waals surface area (Å²) in [6.07, 6.45) is -0.212. The molecule has 0 fully saturated rings. The van der Waals surface area contributed by atoms with Crippen LogP contribution < -0.4 is 4.90 Å². The molecular formula is C17H20FNO. The summed E-state index contributed by atoms with van der Waals surface area (Å²) in [5.74, 6) is -0.264. The van der Waals surface area contributed by atoms with Gasteiger partial charge in [0.15, 0.2) is 0 Å². The Balaban J connectivity index is 2.21. The minimum absolute atomic E-state index is 0.264. The molecule has 0 spiro atoms. The van der Waals surface area contributed by atoms with Crippen molar-refractivity contribution < 1.29 is 9.50 Å². The zero-order valence-electron chi connectivity index (χ0n) is 12.1. The van der Waals surface area contributed by atoms with Crippen molar-refractivity contribution in [1.29, 1.82) is 0 Å². The van der Waals surface area contributed by atoms with Crippen LogP contribution in [0.4, 0.5) is 10.1 Å². The molecule has 1 unspecified atom stereocenters. The second-order valence-corrected chi connectivity index (χ2v) is 5.28. The number of aryl methyl sites for hydroxylation is 1. The molecule has 0 radical (unpaired) electrons. The van der Waals surface area contributed by atoms with Crippen molar-refractivity contribution in [2.24, 2.45) is 0 Å². The highest BCUT2D eigenvalue weighted by molar-refractivity contribution is 5.47. The molecule has 106 valence electrons. The van der Waals surface area contributed by atoms with Crippen molar-refractivity contribution in [2.45, 2.75) is 19.4 Å². The topological polar surface area (TPSA) is 23.5 Å².